The predicted molar refractivity (Wildman–Crippen MR) is 73.3 cm³/mol. The molecule has 0 aliphatic carbocycles. The van der Waals surface area contributed by atoms with E-state index in [0.717, 1.165) is 12.1 Å². The van der Waals surface area contributed by atoms with Gasteiger partial charge in [-0.2, -0.15) is 13.2 Å². The molecule has 1 unspecified atom stereocenters. The monoisotopic (exact) mass is 365 g/mol. The SMILES string of the molecule is CCNC(c1ccc(F)c(C(F)(F)F)c1)c1ccoc1Br. The fourth-order valence-electron chi connectivity index (χ4n) is 2.06. The summed E-state index contributed by atoms with van der Waals surface area (Å²) in [4.78, 5) is 0. The Morgan fingerprint density at radius 1 is 1.29 bits per heavy atom. The first kappa shape index (κ1) is 16.0. The summed E-state index contributed by atoms with van der Waals surface area (Å²) in [6, 6.07) is 4.11. The molecule has 0 fully saturated rings. The van der Waals surface area contributed by atoms with Crippen LogP contribution in [0.25, 0.3) is 0 Å². The molecular formula is C14H12BrF4NO. The molecule has 0 saturated carbocycles. The van der Waals surface area contributed by atoms with Gasteiger partial charge in [0.25, 0.3) is 0 Å². The highest BCUT2D eigenvalue weighted by atomic mass is 79.9. The average Bonchev–Trinajstić information content (AvgIpc) is 2.82. The molecular weight excluding hydrogens is 354 g/mol. The summed E-state index contributed by atoms with van der Waals surface area (Å²) in [5, 5.41) is 3.06. The van der Waals surface area contributed by atoms with Crippen LogP contribution in [0.5, 0.6) is 0 Å². The number of nitrogens with one attached hydrogen (secondary N) is 1. The van der Waals surface area contributed by atoms with Gasteiger partial charge < -0.3 is 9.73 Å². The molecule has 0 saturated heterocycles. The summed E-state index contributed by atoms with van der Waals surface area (Å²) >= 11 is 3.20. The van der Waals surface area contributed by atoms with Crippen molar-refractivity contribution in [2.24, 2.45) is 0 Å². The van der Waals surface area contributed by atoms with Gasteiger partial charge in [0.2, 0.25) is 0 Å². The number of hydrogen-bond donors (Lipinski definition) is 1. The van der Waals surface area contributed by atoms with Gasteiger partial charge in [0, 0.05) is 5.56 Å². The van der Waals surface area contributed by atoms with Crippen LogP contribution in [0.15, 0.2) is 39.6 Å². The quantitative estimate of drug-likeness (QED) is 0.779. The second kappa shape index (κ2) is 6.19. The van der Waals surface area contributed by atoms with Crippen molar-refractivity contribution in [1.82, 2.24) is 5.32 Å². The van der Waals surface area contributed by atoms with Crippen LogP contribution in [0.2, 0.25) is 0 Å². The molecule has 2 aromatic rings. The molecule has 114 valence electrons. The van der Waals surface area contributed by atoms with E-state index in [1.165, 1.54) is 12.3 Å². The van der Waals surface area contributed by atoms with E-state index >= 15 is 0 Å². The Labute approximate surface area is 127 Å². The Hall–Kier alpha value is -1.34. The molecule has 0 amide bonds. The number of rotatable bonds is 4. The first-order valence-corrected chi connectivity index (χ1v) is 6.96. The van der Waals surface area contributed by atoms with Gasteiger partial charge in [-0.05, 0) is 46.2 Å². The van der Waals surface area contributed by atoms with Crippen LogP contribution in [0, 0.1) is 5.82 Å². The van der Waals surface area contributed by atoms with Crippen LogP contribution < -0.4 is 5.32 Å². The summed E-state index contributed by atoms with van der Waals surface area (Å²) < 4.78 is 57.3. The molecule has 1 aromatic carbocycles. The van der Waals surface area contributed by atoms with Gasteiger partial charge in [-0.25, -0.2) is 4.39 Å². The van der Waals surface area contributed by atoms with Crippen LogP contribution in [0.1, 0.15) is 29.7 Å². The fraction of sp³-hybridized carbons (Fsp3) is 0.286. The summed E-state index contributed by atoms with van der Waals surface area (Å²) in [6.07, 6.45) is -3.30. The lowest BCUT2D eigenvalue weighted by atomic mass is 9.98. The molecule has 7 heteroatoms. The van der Waals surface area contributed by atoms with Crippen LogP contribution in [0.4, 0.5) is 17.6 Å². The Morgan fingerprint density at radius 3 is 2.52 bits per heavy atom. The van der Waals surface area contributed by atoms with Gasteiger partial charge in [-0.3, -0.25) is 0 Å². The van der Waals surface area contributed by atoms with Crippen molar-refractivity contribution in [2.75, 3.05) is 6.54 Å². The van der Waals surface area contributed by atoms with E-state index in [2.05, 4.69) is 21.2 Å². The minimum atomic E-state index is -4.73. The normalized spacial score (nSPS) is 13.4. The second-order valence-corrected chi connectivity index (χ2v) is 5.10. The van der Waals surface area contributed by atoms with Gasteiger partial charge in [0.1, 0.15) is 5.82 Å². The van der Waals surface area contributed by atoms with E-state index in [0.29, 0.717) is 22.3 Å². The third-order valence-corrected chi connectivity index (χ3v) is 3.64. The average molecular weight is 366 g/mol. The Bertz CT molecular complexity index is 624. The molecule has 0 aliphatic rings. The largest absolute Gasteiger partial charge is 0.457 e. The Balaban J connectivity index is 2.49. The minimum absolute atomic E-state index is 0.313. The first-order chi connectivity index (χ1) is 9.84. The van der Waals surface area contributed by atoms with E-state index in [4.69, 9.17) is 4.42 Å². The maximum Gasteiger partial charge on any atom is 0.419 e. The lowest BCUT2D eigenvalue weighted by molar-refractivity contribution is -0.140. The lowest BCUT2D eigenvalue weighted by Crippen LogP contribution is -2.22. The van der Waals surface area contributed by atoms with Crippen molar-refractivity contribution in [3.8, 4) is 0 Å². The van der Waals surface area contributed by atoms with Gasteiger partial charge in [0.05, 0.1) is 17.9 Å². The summed E-state index contributed by atoms with van der Waals surface area (Å²) in [7, 11) is 0. The highest BCUT2D eigenvalue weighted by molar-refractivity contribution is 9.10. The van der Waals surface area contributed by atoms with Crippen molar-refractivity contribution < 1.29 is 22.0 Å². The molecule has 21 heavy (non-hydrogen) atoms. The maximum atomic E-state index is 13.4. The van der Waals surface area contributed by atoms with Crippen molar-refractivity contribution in [3.05, 3.63) is 57.7 Å². The highest BCUT2D eigenvalue weighted by Gasteiger charge is 2.35. The first-order valence-electron chi connectivity index (χ1n) is 6.17. The Morgan fingerprint density at radius 2 is 2.00 bits per heavy atom. The zero-order valence-electron chi connectivity index (χ0n) is 11.0. The van der Waals surface area contributed by atoms with E-state index in [9.17, 15) is 17.6 Å². The van der Waals surface area contributed by atoms with Crippen molar-refractivity contribution >= 4 is 15.9 Å². The highest BCUT2D eigenvalue weighted by Crippen LogP contribution is 2.35. The van der Waals surface area contributed by atoms with Gasteiger partial charge in [-0.1, -0.05) is 13.0 Å². The molecule has 1 aromatic heterocycles. The Kier molecular flexibility index (Phi) is 4.73. The molecule has 2 rings (SSSR count). The van der Waals surface area contributed by atoms with Gasteiger partial charge in [0.15, 0.2) is 4.67 Å². The van der Waals surface area contributed by atoms with Crippen molar-refractivity contribution in [2.45, 2.75) is 19.1 Å². The number of hydrogen-bond acceptors (Lipinski definition) is 2. The van der Waals surface area contributed by atoms with E-state index < -0.39 is 23.6 Å². The van der Waals surface area contributed by atoms with E-state index in [1.54, 1.807) is 6.07 Å². The molecule has 0 bridgehead atoms. The standard InChI is InChI=1S/C14H12BrF4NO/c1-2-20-12(9-5-6-21-13(9)15)8-3-4-11(16)10(7-8)14(17,18)19/h3-7,12,20H,2H2,1H3. The molecule has 1 atom stereocenters. The molecule has 2 nitrogen and oxygen atoms in total. The smallest absolute Gasteiger partial charge is 0.419 e. The number of benzene rings is 1. The zero-order chi connectivity index (χ0) is 15.6. The van der Waals surface area contributed by atoms with Crippen LogP contribution in [-0.2, 0) is 6.18 Å². The number of alkyl halides is 3. The minimum Gasteiger partial charge on any atom is -0.457 e. The zero-order valence-corrected chi connectivity index (χ0v) is 12.6. The topological polar surface area (TPSA) is 25.2 Å². The third-order valence-electron chi connectivity index (χ3n) is 2.99. The second-order valence-electron chi connectivity index (χ2n) is 4.38. The number of halogens is 5. The summed E-state index contributed by atoms with van der Waals surface area (Å²) in [5.74, 6) is -1.28. The van der Waals surface area contributed by atoms with E-state index in [1.807, 2.05) is 6.92 Å². The molecule has 0 aliphatic heterocycles. The lowest BCUT2D eigenvalue weighted by Gasteiger charge is -2.19. The third kappa shape index (κ3) is 3.47. The maximum absolute atomic E-state index is 13.4. The van der Waals surface area contributed by atoms with E-state index in [-0.39, 0.29) is 0 Å². The fourth-order valence-corrected chi connectivity index (χ4v) is 2.53. The summed E-state index contributed by atoms with van der Waals surface area (Å²) in [5.41, 5.74) is -0.313. The number of furan rings is 1. The molecule has 0 radical (unpaired) electrons. The molecule has 0 spiro atoms. The predicted octanol–water partition coefficient (Wildman–Crippen LogP) is 4.90. The van der Waals surface area contributed by atoms with Gasteiger partial charge in [-0.15, -0.1) is 0 Å². The molecule has 1 heterocycles. The van der Waals surface area contributed by atoms with Crippen LogP contribution in [0.3, 0.4) is 0 Å². The van der Waals surface area contributed by atoms with Crippen LogP contribution in [-0.4, -0.2) is 6.54 Å². The van der Waals surface area contributed by atoms with Crippen LogP contribution >= 0.6 is 15.9 Å². The van der Waals surface area contributed by atoms with Crippen molar-refractivity contribution in [3.63, 3.8) is 0 Å². The van der Waals surface area contributed by atoms with Gasteiger partial charge >= 0.3 is 6.18 Å². The van der Waals surface area contributed by atoms with Crippen molar-refractivity contribution in [1.29, 1.82) is 0 Å². The molecule has 1 N–H and O–H groups in total. The summed E-state index contributed by atoms with van der Waals surface area (Å²) in [6.45, 7) is 2.36.